The molecule has 2 N–H and O–H groups in total. The number of aryl methyl sites for hydroxylation is 1. The van der Waals surface area contributed by atoms with Crippen molar-refractivity contribution < 1.29 is 9.90 Å². The quantitative estimate of drug-likeness (QED) is 0.576. The van der Waals surface area contributed by atoms with Crippen LogP contribution in [0.3, 0.4) is 0 Å². The Hall–Kier alpha value is -1.13. The highest BCUT2D eigenvalue weighted by Gasteiger charge is 1.97. The van der Waals surface area contributed by atoms with Crippen molar-refractivity contribution in [3.05, 3.63) is 34.0 Å². The molecule has 3 nitrogen and oxygen atoms in total. The van der Waals surface area contributed by atoms with E-state index in [2.05, 4.69) is 23.7 Å². The molecule has 0 unspecified atom stereocenters. The highest BCUT2D eigenvalue weighted by atomic mass is 32.1. The van der Waals surface area contributed by atoms with Gasteiger partial charge in [0.25, 0.3) is 0 Å². The van der Waals surface area contributed by atoms with Crippen LogP contribution < -0.4 is 5.32 Å². The second kappa shape index (κ2) is 5.57. The van der Waals surface area contributed by atoms with Gasteiger partial charge in [0.1, 0.15) is 0 Å². The van der Waals surface area contributed by atoms with E-state index >= 15 is 0 Å². The molecular weight excluding hydrogens is 198 g/mol. The summed E-state index contributed by atoms with van der Waals surface area (Å²) in [6.45, 7) is 3.46. The summed E-state index contributed by atoms with van der Waals surface area (Å²) in [5, 5.41) is 13.5. The van der Waals surface area contributed by atoms with E-state index in [1.54, 1.807) is 17.4 Å². The number of hydrogen-bond acceptors (Lipinski definition) is 3. The fourth-order valence-corrected chi connectivity index (χ4v) is 1.89. The van der Waals surface area contributed by atoms with E-state index in [0.29, 0.717) is 6.54 Å². The van der Waals surface area contributed by atoms with Crippen LogP contribution in [0.1, 0.15) is 10.4 Å². The normalized spacial score (nSPS) is 10.9. The van der Waals surface area contributed by atoms with Crippen LogP contribution in [0.15, 0.2) is 23.6 Å². The molecule has 1 aromatic heterocycles. The van der Waals surface area contributed by atoms with E-state index < -0.39 is 5.97 Å². The maximum Gasteiger partial charge on any atom is 0.328 e. The lowest BCUT2D eigenvalue weighted by Gasteiger charge is -1.99. The zero-order valence-electron chi connectivity index (χ0n) is 7.99. The van der Waals surface area contributed by atoms with Gasteiger partial charge in [0.15, 0.2) is 0 Å². The van der Waals surface area contributed by atoms with E-state index in [4.69, 9.17) is 5.11 Å². The van der Waals surface area contributed by atoms with Gasteiger partial charge in [0.2, 0.25) is 0 Å². The molecule has 0 saturated carbocycles. The minimum atomic E-state index is -0.904. The Morgan fingerprint density at radius 2 is 2.50 bits per heavy atom. The smallest absolute Gasteiger partial charge is 0.328 e. The zero-order valence-corrected chi connectivity index (χ0v) is 8.80. The van der Waals surface area contributed by atoms with Crippen LogP contribution in [0.25, 0.3) is 0 Å². The van der Waals surface area contributed by atoms with Crippen molar-refractivity contribution in [3.63, 3.8) is 0 Å². The van der Waals surface area contributed by atoms with Crippen LogP contribution in [-0.2, 0) is 11.3 Å². The summed E-state index contributed by atoms with van der Waals surface area (Å²) in [5.41, 5.74) is 1.28. The molecule has 0 saturated heterocycles. The van der Waals surface area contributed by atoms with Gasteiger partial charge in [-0.05, 0) is 23.9 Å². The number of nitrogens with one attached hydrogen (secondary N) is 1. The molecule has 0 aliphatic heterocycles. The van der Waals surface area contributed by atoms with E-state index in [9.17, 15) is 4.79 Å². The largest absolute Gasteiger partial charge is 0.478 e. The molecule has 0 aliphatic rings. The second-order valence-corrected chi connectivity index (χ2v) is 3.90. The summed E-state index contributed by atoms with van der Waals surface area (Å²) in [4.78, 5) is 11.4. The molecule has 0 spiro atoms. The SMILES string of the molecule is Cc1ccsc1CNC/C=C/C(=O)O. The first-order valence-corrected chi connectivity index (χ1v) is 5.21. The Kier molecular flexibility index (Phi) is 4.35. The Morgan fingerprint density at radius 3 is 3.07 bits per heavy atom. The summed E-state index contributed by atoms with van der Waals surface area (Å²) < 4.78 is 0. The molecule has 76 valence electrons. The average Bonchev–Trinajstić information content (AvgIpc) is 2.51. The van der Waals surface area contributed by atoms with Crippen molar-refractivity contribution in [1.82, 2.24) is 5.32 Å². The summed E-state index contributed by atoms with van der Waals surface area (Å²) in [7, 11) is 0. The first-order valence-electron chi connectivity index (χ1n) is 4.33. The number of thiophene rings is 1. The van der Waals surface area contributed by atoms with Crippen LogP contribution in [0.4, 0.5) is 0 Å². The molecule has 4 heteroatoms. The number of carboxylic acids is 1. The van der Waals surface area contributed by atoms with E-state index in [1.807, 2.05) is 0 Å². The zero-order chi connectivity index (χ0) is 10.4. The standard InChI is InChI=1S/C10H13NO2S/c1-8-4-6-14-9(8)7-11-5-2-3-10(12)13/h2-4,6,11H,5,7H2,1H3,(H,12,13)/b3-2+. The fraction of sp³-hybridized carbons (Fsp3) is 0.300. The summed E-state index contributed by atoms with van der Waals surface area (Å²) in [6.07, 6.45) is 2.75. The topological polar surface area (TPSA) is 49.3 Å². The Balaban J connectivity index is 2.23. The molecule has 0 fully saturated rings. The molecule has 1 rings (SSSR count). The molecule has 0 radical (unpaired) electrons. The molecule has 0 aromatic carbocycles. The molecule has 0 amide bonds. The third-order valence-corrected chi connectivity index (χ3v) is 2.80. The van der Waals surface area contributed by atoms with Crippen molar-refractivity contribution in [1.29, 1.82) is 0 Å². The number of carboxylic acid groups (broad SMARTS) is 1. The van der Waals surface area contributed by atoms with Gasteiger partial charge in [-0.25, -0.2) is 4.79 Å². The van der Waals surface area contributed by atoms with Gasteiger partial charge in [-0.2, -0.15) is 0 Å². The second-order valence-electron chi connectivity index (χ2n) is 2.90. The van der Waals surface area contributed by atoms with E-state index in [1.165, 1.54) is 10.4 Å². The summed E-state index contributed by atoms with van der Waals surface area (Å²) in [5.74, 6) is -0.904. The molecule has 0 bridgehead atoms. The molecule has 0 aliphatic carbocycles. The molecular formula is C10H13NO2S. The van der Waals surface area contributed by atoms with Gasteiger partial charge < -0.3 is 10.4 Å². The van der Waals surface area contributed by atoms with Gasteiger partial charge in [0.05, 0.1) is 0 Å². The third kappa shape index (κ3) is 3.72. The molecule has 1 heterocycles. The van der Waals surface area contributed by atoms with Crippen molar-refractivity contribution in [2.75, 3.05) is 6.54 Å². The summed E-state index contributed by atoms with van der Waals surface area (Å²) in [6, 6.07) is 2.08. The van der Waals surface area contributed by atoms with Crippen molar-refractivity contribution >= 4 is 17.3 Å². The fourth-order valence-electron chi connectivity index (χ4n) is 1.01. The maximum absolute atomic E-state index is 10.1. The number of rotatable bonds is 5. The maximum atomic E-state index is 10.1. The van der Waals surface area contributed by atoms with Gasteiger partial charge in [-0.3, -0.25) is 0 Å². The Bertz CT molecular complexity index is 331. The van der Waals surface area contributed by atoms with Crippen LogP contribution in [0, 0.1) is 6.92 Å². The van der Waals surface area contributed by atoms with Crippen molar-refractivity contribution in [2.45, 2.75) is 13.5 Å². The highest BCUT2D eigenvalue weighted by molar-refractivity contribution is 7.10. The third-order valence-electron chi connectivity index (χ3n) is 1.78. The number of hydrogen-bond donors (Lipinski definition) is 2. The minimum absolute atomic E-state index is 0.587. The summed E-state index contributed by atoms with van der Waals surface area (Å²) >= 11 is 1.71. The van der Waals surface area contributed by atoms with Crippen LogP contribution >= 0.6 is 11.3 Å². The van der Waals surface area contributed by atoms with Crippen LogP contribution in [-0.4, -0.2) is 17.6 Å². The van der Waals surface area contributed by atoms with Crippen molar-refractivity contribution in [3.8, 4) is 0 Å². The molecule has 0 atom stereocenters. The van der Waals surface area contributed by atoms with Gasteiger partial charge in [-0.1, -0.05) is 6.08 Å². The van der Waals surface area contributed by atoms with Gasteiger partial charge >= 0.3 is 5.97 Å². The van der Waals surface area contributed by atoms with Crippen LogP contribution in [0.2, 0.25) is 0 Å². The molecule has 14 heavy (non-hydrogen) atoms. The predicted octanol–water partition coefficient (Wildman–Crippen LogP) is 1.79. The molecule has 1 aromatic rings. The Morgan fingerprint density at radius 1 is 1.71 bits per heavy atom. The van der Waals surface area contributed by atoms with Gasteiger partial charge in [0, 0.05) is 24.0 Å². The lowest BCUT2D eigenvalue weighted by Crippen LogP contribution is -2.12. The van der Waals surface area contributed by atoms with Gasteiger partial charge in [-0.15, -0.1) is 11.3 Å². The van der Waals surface area contributed by atoms with Crippen LogP contribution in [0.5, 0.6) is 0 Å². The number of carbonyl (C=O) groups is 1. The van der Waals surface area contributed by atoms with E-state index in [-0.39, 0.29) is 0 Å². The van der Waals surface area contributed by atoms with Crippen molar-refractivity contribution in [2.24, 2.45) is 0 Å². The highest BCUT2D eigenvalue weighted by Crippen LogP contribution is 2.14. The Labute approximate surface area is 87.1 Å². The van der Waals surface area contributed by atoms with E-state index in [0.717, 1.165) is 12.6 Å². The predicted molar refractivity (Wildman–Crippen MR) is 57.5 cm³/mol. The first kappa shape index (κ1) is 10.9. The average molecular weight is 211 g/mol. The first-order chi connectivity index (χ1) is 6.70. The number of aliphatic carboxylic acids is 1. The minimum Gasteiger partial charge on any atom is -0.478 e. The monoisotopic (exact) mass is 211 g/mol. The lowest BCUT2D eigenvalue weighted by molar-refractivity contribution is -0.131. The lowest BCUT2D eigenvalue weighted by atomic mass is 10.3.